The highest BCUT2D eigenvalue weighted by atomic mass is 19.3. The third kappa shape index (κ3) is 3.84. The lowest BCUT2D eigenvalue weighted by Crippen LogP contribution is -2.41. The second-order valence-electron chi connectivity index (χ2n) is 4.02. The van der Waals surface area contributed by atoms with Gasteiger partial charge in [0.15, 0.2) is 0 Å². The molecule has 0 spiro atoms. The van der Waals surface area contributed by atoms with E-state index in [2.05, 4.69) is 5.32 Å². The Hall–Kier alpha value is -1.79. The van der Waals surface area contributed by atoms with Crippen LogP contribution in [0.25, 0.3) is 0 Å². The van der Waals surface area contributed by atoms with E-state index >= 15 is 0 Å². The number of benzene rings is 1. The number of halogens is 4. The Kier molecular flexibility index (Phi) is 4.74. The lowest BCUT2D eigenvalue weighted by molar-refractivity contribution is -0.123. The smallest absolute Gasteiger partial charge is 0.324 e. The van der Waals surface area contributed by atoms with Crippen LogP contribution in [0, 0.1) is 6.92 Å². The van der Waals surface area contributed by atoms with Crippen LogP contribution < -0.4 is 10.6 Å². The van der Waals surface area contributed by atoms with E-state index in [0.717, 1.165) is 11.3 Å². The molecule has 1 amide bonds. The molecule has 3 nitrogen and oxygen atoms in total. The number of alkyl halides is 4. The zero-order valence-electron chi connectivity index (χ0n) is 10.4. The molecule has 0 aromatic heterocycles. The molecule has 0 fully saturated rings. The van der Waals surface area contributed by atoms with E-state index in [0.29, 0.717) is 0 Å². The Bertz CT molecular complexity index is 463. The summed E-state index contributed by atoms with van der Waals surface area (Å²) >= 11 is 0. The molecule has 0 aliphatic carbocycles. The van der Waals surface area contributed by atoms with Gasteiger partial charge in [0, 0.05) is 18.3 Å². The number of hydrogen-bond acceptors (Lipinski definition) is 2. The van der Waals surface area contributed by atoms with E-state index < -0.39 is 24.8 Å². The minimum absolute atomic E-state index is 0.140. The van der Waals surface area contributed by atoms with Gasteiger partial charge >= 0.3 is 12.3 Å². The van der Waals surface area contributed by atoms with E-state index in [-0.39, 0.29) is 5.56 Å². The van der Waals surface area contributed by atoms with Gasteiger partial charge in [-0.2, -0.15) is 8.78 Å². The molecule has 0 aliphatic heterocycles. The van der Waals surface area contributed by atoms with Crippen LogP contribution >= 0.6 is 0 Å². The Balaban J connectivity index is 2.72. The minimum Gasteiger partial charge on any atom is -0.388 e. The molecule has 0 unspecified atom stereocenters. The van der Waals surface area contributed by atoms with Crippen molar-refractivity contribution in [1.82, 2.24) is 5.32 Å². The predicted molar refractivity (Wildman–Crippen MR) is 64.0 cm³/mol. The summed E-state index contributed by atoms with van der Waals surface area (Å²) in [5.74, 6) is -5.04. The summed E-state index contributed by atoms with van der Waals surface area (Å²) in [6, 6.07) is 4.52. The first-order chi connectivity index (χ1) is 8.77. The maximum absolute atomic E-state index is 12.6. The lowest BCUT2D eigenvalue weighted by Gasteiger charge is -2.16. The van der Waals surface area contributed by atoms with Gasteiger partial charge in [-0.3, -0.25) is 4.79 Å². The van der Waals surface area contributed by atoms with E-state index in [4.69, 9.17) is 0 Å². The molecule has 106 valence electrons. The molecular weight excluding hydrogens is 264 g/mol. The van der Waals surface area contributed by atoms with Crippen molar-refractivity contribution in [2.45, 2.75) is 19.3 Å². The van der Waals surface area contributed by atoms with Crippen LogP contribution in [0.1, 0.15) is 15.9 Å². The van der Waals surface area contributed by atoms with Crippen LogP contribution in [0.4, 0.5) is 23.2 Å². The second kappa shape index (κ2) is 5.90. The van der Waals surface area contributed by atoms with Crippen molar-refractivity contribution in [3.63, 3.8) is 0 Å². The van der Waals surface area contributed by atoms with Gasteiger partial charge in [0.05, 0.1) is 6.54 Å². The summed E-state index contributed by atoms with van der Waals surface area (Å²) in [4.78, 5) is 11.6. The molecule has 2 N–H and O–H groups in total. The first kappa shape index (κ1) is 15.3. The van der Waals surface area contributed by atoms with Crippen molar-refractivity contribution in [3.8, 4) is 0 Å². The van der Waals surface area contributed by atoms with Crippen LogP contribution in [-0.4, -0.2) is 31.8 Å². The molecule has 0 atom stereocenters. The summed E-state index contributed by atoms with van der Waals surface area (Å²) in [6.07, 6.45) is -3.80. The number of anilines is 1. The number of rotatable bonds is 5. The number of carbonyl (C=O) groups is 1. The molecule has 19 heavy (non-hydrogen) atoms. The molecule has 0 aliphatic rings. The van der Waals surface area contributed by atoms with Crippen LogP contribution in [0.5, 0.6) is 0 Å². The average molecular weight is 278 g/mol. The first-order valence-electron chi connectivity index (χ1n) is 5.50. The monoisotopic (exact) mass is 278 g/mol. The fraction of sp³-hybridized carbons (Fsp3) is 0.417. The van der Waals surface area contributed by atoms with Gasteiger partial charge in [-0.05, 0) is 30.7 Å². The molecular formula is C12H14F4N2O. The maximum atomic E-state index is 12.6. The van der Waals surface area contributed by atoms with Crippen LogP contribution in [0.3, 0.4) is 0 Å². The van der Waals surface area contributed by atoms with E-state index in [1.54, 1.807) is 25.4 Å². The van der Waals surface area contributed by atoms with Crippen molar-refractivity contribution in [2.24, 2.45) is 0 Å². The maximum Gasteiger partial charge on any atom is 0.324 e. The van der Waals surface area contributed by atoms with Crippen molar-refractivity contribution in [3.05, 3.63) is 29.3 Å². The number of aryl methyl sites for hydroxylation is 1. The second-order valence-corrected chi connectivity index (χ2v) is 4.02. The molecule has 1 aromatic carbocycles. The molecule has 0 radical (unpaired) electrons. The van der Waals surface area contributed by atoms with Crippen LogP contribution in [0.15, 0.2) is 18.2 Å². The molecule has 0 saturated heterocycles. The van der Waals surface area contributed by atoms with Gasteiger partial charge in [-0.1, -0.05) is 0 Å². The quantitative estimate of drug-likeness (QED) is 0.813. The highest BCUT2D eigenvalue weighted by Gasteiger charge is 2.40. The normalized spacial score (nSPS) is 11.5. The molecule has 0 saturated carbocycles. The average Bonchev–Trinajstić information content (AvgIpc) is 2.35. The van der Waals surface area contributed by atoms with Gasteiger partial charge in [0.25, 0.3) is 5.91 Å². The van der Waals surface area contributed by atoms with Gasteiger partial charge in [0.2, 0.25) is 0 Å². The van der Waals surface area contributed by atoms with Gasteiger partial charge in [-0.15, -0.1) is 0 Å². The van der Waals surface area contributed by atoms with Crippen molar-refractivity contribution < 1.29 is 22.4 Å². The minimum atomic E-state index is -4.23. The van der Waals surface area contributed by atoms with Crippen molar-refractivity contribution in [1.29, 1.82) is 0 Å². The van der Waals surface area contributed by atoms with Crippen LogP contribution in [-0.2, 0) is 0 Å². The zero-order valence-corrected chi connectivity index (χ0v) is 10.4. The molecule has 1 rings (SSSR count). The zero-order chi connectivity index (χ0) is 14.6. The standard InChI is InChI=1S/C12H14F4N2O/c1-7-5-8(3-4-9(7)17-2)10(19)18-6-12(15,16)11(13)14/h3-5,11,17H,6H2,1-2H3,(H,18,19). The summed E-state index contributed by atoms with van der Waals surface area (Å²) in [5.41, 5.74) is 1.67. The fourth-order valence-corrected chi connectivity index (χ4v) is 1.46. The predicted octanol–water partition coefficient (Wildman–Crippen LogP) is 2.67. The Morgan fingerprint density at radius 2 is 2.00 bits per heavy atom. The summed E-state index contributed by atoms with van der Waals surface area (Å²) in [6.45, 7) is 0.340. The van der Waals surface area contributed by atoms with Crippen molar-refractivity contribution >= 4 is 11.6 Å². The Labute approximate surface area is 108 Å². The van der Waals surface area contributed by atoms with E-state index in [1.807, 2.05) is 0 Å². The third-order valence-corrected chi connectivity index (χ3v) is 2.56. The lowest BCUT2D eigenvalue weighted by atomic mass is 10.1. The Morgan fingerprint density at radius 1 is 1.37 bits per heavy atom. The van der Waals surface area contributed by atoms with E-state index in [9.17, 15) is 22.4 Å². The molecule has 7 heteroatoms. The van der Waals surface area contributed by atoms with Crippen LogP contribution in [0.2, 0.25) is 0 Å². The Morgan fingerprint density at radius 3 is 2.47 bits per heavy atom. The topological polar surface area (TPSA) is 41.1 Å². The highest BCUT2D eigenvalue weighted by Crippen LogP contribution is 2.22. The largest absolute Gasteiger partial charge is 0.388 e. The van der Waals surface area contributed by atoms with Gasteiger partial charge in [-0.25, -0.2) is 8.78 Å². The molecule has 1 aromatic rings. The highest BCUT2D eigenvalue weighted by molar-refractivity contribution is 5.94. The molecule has 0 heterocycles. The summed E-state index contributed by atoms with van der Waals surface area (Å²) in [5, 5.41) is 4.68. The fourth-order valence-electron chi connectivity index (χ4n) is 1.46. The number of amides is 1. The summed E-state index contributed by atoms with van der Waals surface area (Å²) < 4.78 is 49.1. The van der Waals surface area contributed by atoms with E-state index in [1.165, 1.54) is 12.1 Å². The van der Waals surface area contributed by atoms with Crippen molar-refractivity contribution in [2.75, 3.05) is 18.9 Å². The molecule has 0 bridgehead atoms. The third-order valence-electron chi connectivity index (χ3n) is 2.56. The number of carbonyl (C=O) groups excluding carboxylic acids is 1. The SMILES string of the molecule is CNc1ccc(C(=O)NCC(F)(F)C(F)F)cc1C. The first-order valence-corrected chi connectivity index (χ1v) is 5.50. The number of nitrogens with one attached hydrogen (secondary N) is 2. The summed E-state index contributed by atoms with van der Waals surface area (Å²) in [7, 11) is 1.70. The number of hydrogen-bond donors (Lipinski definition) is 2. The van der Waals surface area contributed by atoms with Gasteiger partial charge < -0.3 is 10.6 Å². The van der Waals surface area contributed by atoms with Gasteiger partial charge in [0.1, 0.15) is 0 Å².